The van der Waals surface area contributed by atoms with E-state index >= 15 is 0 Å². The summed E-state index contributed by atoms with van der Waals surface area (Å²) in [5.41, 5.74) is 0.847. The number of halogens is 1. The lowest BCUT2D eigenvalue weighted by Crippen LogP contribution is -2.32. The van der Waals surface area contributed by atoms with E-state index in [4.69, 9.17) is 0 Å². The normalized spacial score (nSPS) is 27.6. The van der Waals surface area contributed by atoms with Crippen LogP contribution in [0.2, 0.25) is 0 Å². The molecule has 2 aliphatic carbocycles. The van der Waals surface area contributed by atoms with E-state index < -0.39 is 10.0 Å². The Labute approximate surface area is 176 Å². The number of amides is 2. The van der Waals surface area contributed by atoms with Crippen LogP contribution in [0.1, 0.15) is 6.42 Å². The van der Waals surface area contributed by atoms with Crippen LogP contribution < -0.4 is 9.62 Å². The van der Waals surface area contributed by atoms with Gasteiger partial charge in [0.1, 0.15) is 0 Å². The number of sulfonamides is 1. The second-order valence-corrected chi connectivity index (χ2v) is 10.2. The van der Waals surface area contributed by atoms with Gasteiger partial charge in [-0.05, 0) is 60.7 Å². The number of imide groups is 1. The third kappa shape index (κ3) is 2.93. The minimum absolute atomic E-state index is 0.0576. The van der Waals surface area contributed by atoms with Crippen LogP contribution in [0.4, 0.5) is 11.4 Å². The molecule has 148 valence electrons. The molecule has 2 bridgehead atoms. The van der Waals surface area contributed by atoms with E-state index in [-0.39, 0.29) is 40.4 Å². The molecule has 8 heteroatoms. The van der Waals surface area contributed by atoms with Gasteiger partial charge in [-0.15, -0.1) is 0 Å². The van der Waals surface area contributed by atoms with Gasteiger partial charge >= 0.3 is 0 Å². The van der Waals surface area contributed by atoms with E-state index in [1.54, 1.807) is 24.3 Å². The van der Waals surface area contributed by atoms with E-state index in [1.165, 1.54) is 29.2 Å². The Kier molecular flexibility index (Phi) is 4.18. The highest BCUT2D eigenvalue weighted by atomic mass is 79.9. The number of nitrogens with one attached hydrogen (secondary N) is 1. The minimum atomic E-state index is -3.79. The lowest BCUT2D eigenvalue weighted by Gasteiger charge is -2.17. The minimum Gasteiger partial charge on any atom is -0.280 e. The molecular formula is C21H17BrN2O4S. The molecule has 5 rings (SSSR count). The van der Waals surface area contributed by atoms with Crippen molar-refractivity contribution in [2.24, 2.45) is 23.7 Å². The van der Waals surface area contributed by atoms with E-state index in [0.29, 0.717) is 11.4 Å². The molecule has 1 heterocycles. The summed E-state index contributed by atoms with van der Waals surface area (Å²) in [5.74, 6) is -0.640. The van der Waals surface area contributed by atoms with Crippen LogP contribution in [0.3, 0.4) is 0 Å². The SMILES string of the molecule is O=C1C2C3C=CC(C3)C2C(=O)N1c1ccc(S(=O)(=O)Nc2cccc(Br)c2)cc1. The third-order valence-corrected chi connectivity index (χ3v) is 7.84. The zero-order valence-electron chi connectivity index (χ0n) is 15.2. The van der Waals surface area contributed by atoms with Crippen molar-refractivity contribution in [2.45, 2.75) is 11.3 Å². The van der Waals surface area contributed by atoms with E-state index in [1.807, 2.05) is 12.2 Å². The number of benzene rings is 2. The largest absolute Gasteiger partial charge is 0.280 e. The first-order valence-corrected chi connectivity index (χ1v) is 11.6. The van der Waals surface area contributed by atoms with Crippen molar-refractivity contribution < 1.29 is 18.0 Å². The summed E-state index contributed by atoms with van der Waals surface area (Å²) in [6.07, 6.45) is 4.96. The Morgan fingerprint density at radius 2 is 1.55 bits per heavy atom. The number of fused-ring (bicyclic) bond motifs is 5. The average molecular weight is 473 g/mol. The molecule has 1 aliphatic heterocycles. The Balaban J connectivity index is 1.39. The highest BCUT2D eigenvalue weighted by molar-refractivity contribution is 9.10. The molecule has 29 heavy (non-hydrogen) atoms. The van der Waals surface area contributed by atoms with Gasteiger partial charge in [0.15, 0.2) is 0 Å². The highest BCUT2D eigenvalue weighted by Gasteiger charge is 2.59. The summed E-state index contributed by atoms with van der Waals surface area (Å²) in [5, 5.41) is 0. The predicted molar refractivity (Wildman–Crippen MR) is 112 cm³/mol. The van der Waals surface area contributed by atoms with Gasteiger partial charge in [0.05, 0.1) is 22.4 Å². The smallest absolute Gasteiger partial charge is 0.261 e. The van der Waals surface area contributed by atoms with Crippen molar-refractivity contribution >= 4 is 49.1 Å². The molecule has 4 unspecified atom stereocenters. The molecule has 2 aromatic carbocycles. The standard InChI is InChI=1S/C21H17BrN2O4S/c22-14-2-1-3-15(11-14)23-29(27,28)17-8-6-16(7-9-17)24-20(25)18-12-4-5-13(10-12)19(18)21(24)26/h1-9,11-13,18-19,23H,10H2. The molecule has 6 nitrogen and oxygen atoms in total. The van der Waals surface area contributed by atoms with Gasteiger partial charge < -0.3 is 0 Å². The molecule has 1 saturated heterocycles. The zero-order chi connectivity index (χ0) is 20.3. The molecule has 0 radical (unpaired) electrons. The molecule has 1 saturated carbocycles. The summed E-state index contributed by atoms with van der Waals surface area (Å²) in [6.45, 7) is 0. The number of allylic oxidation sites excluding steroid dienone is 2. The summed E-state index contributed by atoms with van der Waals surface area (Å²) < 4.78 is 28.6. The van der Waals surface area contributed by atoms with Crippen molar-refractivity contribution in [2.75, 3.05) is 9.62 Å². The number of nitrogens with zero attached hydrogens (tertiary/aromatic N) is 1. The maximum atomic E-state index is 12.9. The van der Waals surface area contributed by atoms with Crippen molar-refractivity contribution in [3.05, 3.63) is 65.2 Å². The maximum absolute atomic E-state index is 12.9. The van der Waals surface area contributed by atoms with Crippen molar-refractivity contribution in [3.8, 4) is 0 Å². The lowest BCUT2D eigenvalue weighted by molar-refractivity contribution is -0.123. The van der Waals surface area contributed by atoms with Gasteiger partial charge in [-0.2, -0.15) is 0 Å². The summed E-state index contributed by atoms with van der Waals surface area (Å²) in [4.78, 5) is 27.0. The van der Waals surface area contributed by atoms with Crippen molar-refractivity contribution in [3.63, 3.8) is 0 Å². The average Bonchev–Trinajstić information content (AvgIpc) is 3.35. The lowest BCUT2D eigenvalue weighted by atomic mass is 9.85. The van der Waals surface area contributed by atoms with Gasteiger partial charge in [0, 0.05) is 10.2 Å². The monoisotopic (exact) mass is 472 g/mol. The predicted octanol–water partition coefficient (Wildman–Crippen LogP) is 3.56. The Morgan fingerprint density at radius 3 is 2.14 bits per heavy atom. The second-order valence-electron chi connectivity index (χ2n) is 7.62. The topological polar surface area (TPSA) is 83.6 Å². The van der Waals surface area contributed by atoms with Crippen LogP contribution in [-0.2, 0) is 19.6 Å². The Morgan fingerprint density at radius 1 is 0.931 bits per heavy atom. The number of rotatable bonds is 4. The molecule has 4 atom stereocenters. The zero-order valence-corrected chi connectivity index (χ0v) is 17.6. The van der Waals surface area contributed by atoms with Crippen LogP contribution in [0.25, 0.3) is 0 Å². The number of carbonyl (C=O) groups excluding carboxylic acids is 2. The first-order chi connectivity index (χ1) is 13.8. The molecule has 3 aliphatic rings. The van der Waals surface area contributed by atoms with Crippen LogP contribution in [0.15, 0.2) is 70.1 Å². The fraction of sp³-hybridized carbons (Fsp3) is 0.238. The van der Waals surface area contributed by atoms with Crippen LogP contribution >= 0.6 is 15.9 Å². The maximum Gasteiger partial charge on any atom is 0.261 e. The van der Waals surface area contributed by atoms with Gasteiger partial charge in [0.25, 0.3) is 10.0 Å². The Hall–Kier alpha value is -2.45. The highest BCUT2D eigenvalue weighted by Crippen LogP contribution is 2.53. The first kappa shape index (κ1) is 18.6. The van der Waals surface area contributed by atoms with Crippen LogP contribution in [0.5, 0.6) is 0 Å². The molecule has 2 amide bonds. The van der Waals surface area contributed by atoms with Gasteiger partial charge in [-0.25, -0.2) is 8.42 Å². The van der Waals surface area contributed by atoms with Crippen LogP contribution in [-0.4, -0.2) is 20.2 Å². The van der Waals surface area contributed by atoms with Crippen molar-refractivity contribution in [1.82, 2.24) is 0 Å². The third-order valence-electron chi connectivity index (χ3n) is 5.95. The van der Waals surface area contributed by atoms with E-state index in [0.717, 1.165) is 10.9 Å². The van der Waals surface area contributed by atoms with E-state index in [2.05, 4.69) is 20.7 Å². The summed E-state index contributed by atoms with van der Waals surface area (Å²) in [7, 11) is -3.79. The number of hydrogen-bond donors (Lipinski definition) is 1. The molecule has 0 spiro atoms. The van der Waals surface area contributed by atoms with Gasteiger partial charge in [-0.1, -0.05) is 34.1 Å². The molecule has 2 fully saturated rings. The second kappa shape index (κ2) is 6.53. The van der Waals surface area contributed by atoms with E-state index in [9.17, 15) is 18.0 Å². The molecule has 2 aromatic rings. The number of carbonyl (C=O) groups is 2. The fourth-order valence-corrected chi connectivity index (χ4v) is 6.15. The Bertz CT molecular complexity index is 1130. The molecular weight excluding hydrogens is 456 g/mol. The number of hydrogen-bond acceptors (Lipinski definition) is 4. The van der Waals surface area contributed by atoms with Crippen LogP contribution in [0, 0.1) is 23.7 Å². The fourth-order valence-electron chi connectivity index (χ4n) is 4.70. The summed E-state index contributed by atoms with van der Waals surface area (Å²) in [6, 6.07) is 12.7. The summed E-state index contributed by atoms with van der Waals surface area (Å²) >= 11 is 3.31. The van der Waals surface area contributed by atoms with Gasteiger partial charge in [-0.3, -0.25) is 19.2 Å². The number of anilines is 2. The first-order valence-electron chi connectivity index (χ1n) is 9.30. The molecule has 1 N–H and O–H groups in total. The molecule has 0 aromatic heterocycles. The quantitative estimate of drug-likeness (QED) is 0.544. The van der Waals surface area contributed by atoms with Gasteiger partial charge in [0.2, 0.25) is 11.8 Å². The van der Waals surface area contributed by atoms with Crippen molar-refractivity contribution in [1.29, 1.82) is 0 Å².